The van der Waals surface area contributed by atoms with Crippen LogP contribution in [0.5, 0.6) is 0 Å². The summed E-state index contributed by atoms with van der Waals surface area (Å²) in [5, 5.41) is 7.43. The molecule has 30 heavy (non-hydrogen) atoms. The molecule has 4 aliphatic rings. The highest BCUT2D eigenvalue weighted by Crippen LogP contribution is 2.55. The molecule has 2 aromatic heterocycles. The lowest BCUT2D eigenvalue weighted by Crippen LogP contribution is -2.61. The van der Waals surface area contributed by atoms with E-state index in [0.717, 1.165) is 54.0 Å². The van der Waals surface area contributed by atoms with Gasteiger partial charge >= 0.3 is 5.97 Å². The number of aromatic nitrogens is 4. The normalized spacial score (nSPS) is 30.4. The minimum atomic E-state index is -0.811. The van der Waals surface area contributed by atoms with Crippen molar-refractivity contribution in [2.75, 3.05) is 0 Å². The minimum absolute atomic E-state index is 0.0510. The van der Waals surface area contributed by atoms with Crippen LogP contribution in [-0.2, 0) is 20.7 Å². The van der Waals surface area contributed by atoms with Crippen molar-refractivity contribution >= 4 is 17.7 Å². The Hall–Kier alpha value is -2.51. The van der Waals surface area contributed by atoms with Crippen LogP contribution < -0.4 is 5.32 Å². The van der Waals surface area contributed by atoms with E-state index in [0.29, 0.717) is 5.78 Å². The van der Waals surface area contributed by atoms with Crippen molar-refractivity contribution in [2.45, 2.75) is 77.4 Å². The van der Waals surface area contributed by atoms with Gasteiger partial charge < -0.3 is 10.1 Å². The van der Waals surface area contributed by atoms with Crippen molar-refractivity contribution in [1.29, 1.82) is 0 Å². The van der Waals surface area contributed by atoms with E-state index in [-0.39, 0.29) is 17.9 Å². The molecule has 4 bridgehead atoms. The molecule has 0 unspecified atom stereocenters. The van der Waals surface area contributed by atoms with E-state index in [1.54, 1.807) is 11.4 Å². The molecule has 1 N–H and O–H groups in total. The second-order valence-corrected chi connectivity index (χ2v) is 9.73. The highest BCUT2D eigenvalue weighted by molar-refractivity contribution is 5.84. The average molecular weight is 412 g/mol. The first-order valence-electron chi connectivity index (χ1n) is 11.0. The van der Waals surface area contributed by atoms with E-state index in [1.807, 2.05) is 13.8 Å². The van der Waals surface area contributed by atoms with Crippen molar-refractivity contribution < 1.29 is 14.3 Å². The number of nitrogens with zero attached hydrogens (tertiary/aromatic N) is 4. The Bertz CT molecular complexity index is 978. The fourth-order valence-corrected chi connectivity index (χ4v) is 6.47. The molecule has 0 aromatic carbocycles. The maximum atomic E-state index is 12.9. The number of hydrogen-bond donors (Lipinski definition) is 1. The summed E-state index contributed by atoms with van der Waals surface area (Å²) in [5.41, 5.74) is 2.20. The molecule has 6 rings (SSSR count). The largest absolute Gasteiger partial charge is 0.452 e. The van der Waals surface area contributed by atoms with Crippen molar-refractivity contribution in [3.05, 3.63) is 23.3 Å². The number of ether oxygens (including phenoxy) is 1. The topological polar surface area (TPSA) is 98.5 Å². The summed E-state index contributed by atoms with van der Waals surface area (Å²) in [6.45, 7) is 5.38. The van der Waals surface area contributed by atoms with Crippen LogP contribution in [-0.4, -0.2) is 43.1 Å². The molecule has 2 heterocycles. The molecule has 8 heteroatoms. The van der Waals surface area contributed by atoms with Crippen LogP contribution in [0.15, 0.2) is 6.33 Å². The van der Waals surface area contributed by atoms with E-state index in [2.05, 4.69) is 20.4 Å². The lowest BCUT2D eigenvalue weighted by atomic mass is 9.53. The zero-order chi connectivity index (χ0) is 21.0. The van der Waals surface area contributed by atoms with Crippen LogP contribution >= 0.6 is 0 Å². The Labute approximate surface area is 175 Å². The van der Waals surface area contributed by atoms with Crippen LogP contribution in [0.1, 0.15) is 62.4 Å². The van der Waals surface area contributed by atoms with Gasteiger partial charge in [0.05, 0.1) is 6.42 Å². The van der Waals surface area contributed by atoms with Gasteiger partial charge in [0.15, 0.2) is 6.10 Å². The number of carbonyl (C=O) groups excluding carboxylic acids is 2. The quantitative estimate of drug-likeness (QED) is 0.758. The molecule has 0 aliphatic heterocycles. The molecule has 4 aliphatic carbocycles. The highest BCUT2D eigenvalue weighted by atomic mass is 16.5. The number of hydrogen-bond acceptors (Lipinski definition) is 6. The summed E-state index contributed by atoms with van der Waals surface area (Å²) in [5.74, 6) is 2.14. The number of fused-ring (bicyclic) bond motifs is 1. The molecule has 0 saturated heterocycles. The minimum Gasteiger partial charge on any atom is -0.452 e. The Morgan fingerprint density at radius 3 is 2.47 bits per heavy atom. The van der Waals surface area contributed by atoms with Crippen LogP contribution in [0, 0.1) is 31.6 Å². The van der Waals surface area contributed by atoms with Crippen LogP contribution in [0.25, 0.3) is 5.78 Å². The highest BCUT2D eigenvalue weighted by Gasteiger charge is 2.51. The van der Waals surface area contributed by atoms with Gasteiger partial charge in [-0.1, -0.05) is 0 Å². The lowest BCUT2D eigenvalue weighted by molar-refractivity contribution is -0.156. The molecular formula is C22H29N5O3. The van der Waals surface area contributed by atoms with E-state index >= 15 is 0 Å². The first-order chi connectivity index (χ1) is 14.3. The number of nitrogens with one attached hydrogen (secondary N) is 1. The second-order valence-electron chi connectivity index (χ2n) is 9.73. The van der Waals surface area contributed by atoms with E-state index < -0.39 is 12.1 Å². The molecule has 4 saturated carbocycles. The summed E-state index contributed by atoms with van der Waals surface area (Å²) in [6.07, 6.45) is 7.87. The van der Waals surface area contributed by atoms with Gasteiger partial charge in [-0.2, -0.15) is 10.1 Å². The summed E-state index contributed by atoms with van der Waals surface area (Å²) in [4.78, 5) is 33.9. The van der Waals surface area contributed by atoms with Gasteiger partial charge in [0, 0.05) is 22.5 Å². The lowest BCUT2D eigenvalue weighted by Gasteiger charge is -2.57. The third kappa shape index (κ3) is 3.36. The molecule has 1 amide bonds. The Morgan fingerprint density at radius 1 is 1.20 bits per heavy atom. The number of carbonyl (C=O) groups is 2. The maximum Gasteiger partial charge on any atom is 0.311 e. The third-order valence-electron chi connectivity index (χ3n) is 7.41. The maximum absolute atomic E-state index is 12.9. The Morgan fingerprint density at radius 2 is 1.83 bits per heavy atom. The fourth-order valence-electron chi connectivity index (χ4n) is 6.47. The zero-order valence-electron chi connectivity index (χ0n) is 17.9. The average Bonchev–Trinajstić information content (AvgIpc) is 3.12. The summed E-state index contributed by atoms with van der Waals surface area (Å²) >= 11 is 0. The second kappa shape index (κ2) is 7.03. The molecule has 160 valence electrons. The van der Waals surface area contributed by atoms with E-state index in [1.165, 1.54) is 25.6 Å². The van der Waals surface area contributed by atoms with Crippen molar-refractivity contribution in [3.63, 3.8) is 0 Å². The van der Waals surface area contributed by atoms with Gasteiger partial charge in [-0.25, -0.2) is 9.50 Å². The number of esters is 1. The standard InChI is InChI=1S/C22H29N5O3/c1-12-18(13(2)27-21(25-12)23-11-24-27)7-19(28)30-14(3)20(29)26-22-8-15-4-16(9-22)6-17(5-15)10-22/h11,14-17H,4-10H2,1-3H3,(H,26,29)/t14-,15?,16?,17?,22?/m1/s1. The summed E-state index contributed by atoms with van der Waals surface area (Å²) in [6, 6.07) is 0. The number of amides is 1. The first-order valence-corrected chi connectivity index (χ1v) is 11.0. The Kier molecular flexibility index (Phi) is 4.56. The summed E-state index contributed by atoms with van der Waals surface area (Å²) in [7, 11) is 0. The van der Waals surface area contributed by atoms with Gasteiger partial charge in [0.25, 0.3) is 11.7 Å². The molecule has 4 fully saturated rings. The van der Waals surface area contributed by atoms with Gasteiger partial charge in [-0.05, 0) is 77.0 Å². The number of rotatable bonds is 5. The SMILES string of the molecule is Cc1nc2ncnn2c(C)c1CC(=O)O[C@H](C)C(=O)NC12CC3CC(CC(C3)C1)C2. The fraction of sp³-hybridized carbons (Fsp3) is 0.682. The predicted molar refractivity (Wildman–Crippen MR) is 109 cm³/mol. The number of aryl methyl sites for hydroxylation is 2. The van der Waals surface area contributed by atoms with E-state index in [9.17, 15) is 9.59 Å². The third-order valence-corrected chi connectivity index (χ3v) is 7.41. The zero-order valence-corrected chi connectivity index (χ0v) is 17.9. The smallest absolute Gasteiger partial charge is 0.311 e. The van der Waals surface area contributed by atoms with E-state index in [4.69, 9.17) is 4.74 Å². The van der Waals surface area contributed by atoms with Crippen LogP contribution in [0.2, 0.25) is 0 Å². The van der Waals surface area contributed by atoms with Gasteiger partial charge in [-0.15, -0.1) is 0 Å². The van der Waals surface area contributed by atoms with Gasteiger partial charge in [-0.3, -0.25) is 9.59 Å². The molecule has 0 spiro atoms. The first kappa shape index (κ1) is 19.5. The molecule has 1 atom stereocenters. The van der Waals surface area contributed by atoms with Crippen molar-refractivity contribution in [2.24, 2.45) is 17.8 Å². The Balaban J connectivity index is 1.23. The molecule has 0 radical (unpaired) electrons. The van der Waals surface area contributed by atoms with Gasteiger partial charge in [0.1, 0.15) is 6.33 Å². The van der Waals surface area contributed by atoms with Crippen LogP contribution in [0.3, 0.4) is 0 Å². The molecule has 8 nitrogen and oxygen atoms in total. The summed E-state index contributed by atoms with van der Waals surface area (Å²) < 4.78 is 7.12. The van der Waals surface area contributed by atoms with Crippen LogP contribution in [0.4, 0.5) is 0 Å². The monoisotopic (exact) mass is 411 g/mol. The van der Waals surface area contributed by atoms with Crippen molar-refractivity contribution in [1.82, 2.24) is 24.9 Å². The molecular weight excluding hydrogens is 382 g/mol. The predicted octanol–water partition coefficient (Wildman–Crippen LogP) is 2.30. The molecule has 2 aromatic rings. The van der Waals surface area contributed by atoms with Gasteiger partial charge in [0.2, 0.25) is 0 Å². The van der Waals surface area contributed by atoms with Crippen molar-refractivity contribution in [3.8, 4) is 0 Å².